The van der Waals surface area contributed by atoms with E-state index in [1.165, 1.54) is 0 Å². The molecule has 5 nitrogen and oxygen atoms in total. The second-order valence-electron chi connectivity index (χ2n) is 4.72. The molecule has 1 aromatic carbocycles. The average Bonchev–Trinajstić information content (AvgIpc) is 2.78. The van der Waals surface area contributed by atoms with Crippen molar-refractivity contribution < 1.29 is 9.90 Å². The lowest BCUT2D eigenvalue weighted by atomic mass is 10.1. The van der Waals surface area contributed by atoms with Crippen molar-refractivity contribution in [3.05, 3.63) is 30.1 Å². The lowest BCUT2D eigenvalue weighted by Crippen LogP contribution is -2.21. The van der Waals surface area contributed by atoms with Crippen molar-refractivity contribution in [3.8, 4) is 6.07 Å². The molecule has 2 aromatic rings. The molecule has 1 unspecified atom stereocenters. The van der Waals surface area contributed by atoms with Gasteiger partial charge in [0.1, 0.15) is 11.9 Å². The molecule has 0 amide bonds. The van der Waals surface area contributed by atoms with E-state index in [2.05, 4.69) is 11.1 Å². The van der Waals surface area contributed by atoms with Crippen LogP contribution in [0, 0.1) is 11.3 Å². The lowest BCUT2D eigenvalue weighted by Gasteiger charge is -2.17. The molecule has 1 aromatic heterocycles. The molecule has 5 heteroatoms. The second kappa shape index (κ2) is 6.20. The molecule has 1 N–H and O–H groups in total. The molecule has 0 radical (unpaired) electrons. The molecule has 20 heavy (non-hydrogen) atoms. The van der Waals surface area contributed by atoms with Crippen molar-refractivity contribution in [2.45, 2.75) is 38.6 Å². The predicted octanol–water partition coefficient (Wildman–Crippen LogP) is 2.92. The summed E-state index contributed by atoms with van der Waals surface area (Å²) in [6, 6.07) is 8.80. The van der Waals surface area contributed by atoms with E-state index in [9.17, 15) is 9.90 Å². The number of aromatic nitrogens is 2. The topological polar surface area (TPSA) is 78.9 Å². The van der Waals surface area contributed by atoms with Gasteiger partial charge >= 0.3 is 5.97 Å². The van der Waals surface area contributed by atoms with E-state index in [0.29, 0.717) is 12.2 Å². The molecule has 2 rings (SSSR count). The number of carboxylic acids is 1. The SMILES string of the molecule is CCCCC(C(=O)O)n1c(CC#N)nc2ccccc21. The third kappa shape index (κ3) is 2.64. The number of fused-ring (bicyclic) bond motifs is 1. The standard InChI is InChI=1S/C15H17N3O2/c1-2-3-7-13(15(19)20)18-12-8-5-4-6-11(12)17-14(18)9-10-16/h4-6,8,13H,2-3,7,9H2,1H3,(H,19,20). The smallest absolute Gasteiger partial charge is 0.326 e. The first kappa shape index (κ1) is 14.1. The van der Waals surface area contributed by atoms with Crippen LogP contribution in [0.25, 0.3) is 11.0 Å². The van der Waals surface area contributed by atoms with Gasteiger partial charge in [-0.1, -0.05) is 31.9 Å². The Kier molecular flexibility index (Phi) is 4.36. The first-order chi connectivity index (χ1) is 9.69. The summed E-state index contributed by atoms with van der Waals surface area (Å²) in [6.07, 6.45) is 2.43. The minimum atomic E-state index is -0.874. The fourth-order valence-electron chi connectivity index (χ4n) is 2.40. The Morgan fingerprint density at radius 1 is 1.50 bits per heavy atom. The number of para-hydroxylation sites is 2. The van der Waals surface area contributed by atoms with Gasteiger partial charge in [-0.05, 0) is 18.6 Å². The number of carboxylic acid groups (broad SMARTS) is 1. The Labute approximate surface area is 117 Å². The zero-order valence-electron chi connectivity index (χ0n) is 11.4. The maximum atomic E-state index is 11.6. The Balaban J connectivity index is 2.56. The number of rotatable bonds is 6. The largest absolute Gasteiger partial charge is 0.480 e. The number of aliphatic carboxylic acids is 1. The third-order valence-corrected chi connectivity index (χ3v) is 3.33. The highest BCUT2D eigenvalue weighted by Crippen LogP contribution is 2.25. The first-order valence-electron chi connectivity index (χ1n) is 6.74. The van der Waals surface area contributed by atoms with Gasteiger partial charge in [-0.15, -0.1) is 0 Å². The van der Waals surface area contributed by atoms with Crippen LogP contribution < -0.4 is 0 Å². The van der Waals surface area contributed by atoms with Crippen molar-refractivity contribution >= 4 is 17.0 Å². The number of unbranched alkanes of at least 4 members (excludes halogenated alkanes) is 1. The Morgan fingerprint density at radius 2 is 2.25 bits per heavy atom. The van der Waals surface area contributed by atoms with Gasteiger partial charge in [0.25, 0.3) is 0 Å². The summed E-state index contributed by atoms with van der Waals surface area (Å²) in [5.41, 5.74) is 1.52. The van der Waals surface area contributed by atoms with Crippen LogP contribution in [0.4, 0.5) is 0 Å². The average molecular weight is 271 g/mol. The van der Waals surface area contributed by atoms with E-state index >= 15 is 0 Å². The number of nitriles is 1. The Morgan fingerprint density at radius 3 is 2.90 bits per heavy atom. The first-order valence-corrected chi connectivity index (χ1v) is 6.74. The fourth-order valence-corrected chi connectivity index (χ4v) is 2.40. The van der Waals surface area contributed by atoms with Crippen LogP contribution in [0.2, 0.25) is 0 Å². The highest BCUT2D eigenvalue weighted by Gasteiger charge is 2.24. The normalized spacial score (nSPS) is 12.2. The molecular formula is C15H17N3O2. The number of nitrogens with zero attached hydrogens (tertiary/aromatic N) is 3. The number of hydrogen-bond donors (Lipinski definition) is 1. The molecule has 0 saturated carbocycles. The maximum Gasteiger partial charge on any atom is 0.326 e. The van der Waals surface area contributed by atoms with E-state index in [-0.39, 0.29) is 6.42 Å². The quantitative estimate of drug-likeness (QED) is 0.876. The molecule has 0 aliphatic rings. The van der Waals surface area contributed by atoms with E-state index in [1.807, 2.05) is 31.2 Å². The molecule has 1 atom stereocenters. The highest BCUT2D eigenvalue weighted by molar-refractivity contribution is 5.80. The lowest BCUT2D eigenvalue weighted by molar-refractivity contribution is -0.141. The zero-order chi connectivity index (χ0) is 14.5. The number of imidazole rings is 1. The van der Waals surface area contributed by atoms with Crippen molar-refractivity contribution in [2.24, 2.45) is 0 Å². The van der Waals surface area contributed by atoms with Gasteiger partial charge in [0.15, 0.2) is 0 Å². The Bertz CT molecular complexity index is 655. The molecule has 0 spiro atoms. The molecule has 1 heterocycles. The third-order valence-electron chi connectivity index (χ3n) is 3.33. The van der Waals surface area contributed by atoms with E-state index in [0.717, 1.165) is 23.9 Å². The summed E-state index contributed by atoms with van der Waals surface area (Å²) in [5.74, 6) is -0.349. The number of hydrogen-bond acceptors (Lipinski definition) is 3. The zero-order valence-corrected chi connectivity index (χ0v) is 11.4. The van der Waals surface area contributed by atoms with Crippen LogP contribution in [-0.2, 0) is 11.2 Å². The van der Waals surface area contributed by atoms with E-state index in [4.69, 9.17) is 5.26 Å². The van der Waals surface area contributed by atoms with Crippen LogP contribution in [0.15, 0.2) is 24.3 Å². The summed E-state index contributed by atoms with van der Waals surface area (Å²) < 4.78 is 1.70. The maximum absolute atomic E-state index is 11.6. The number of carbonyl (C=O) groups is 1. The van der Waals surface area contributed by atoms with Crippen LogP contribution >= 0.6 is 0 Å². The van der Waals surface area contributed by atoms with Crippen molar-refractivity contribution in [3.63, 3.8) is 0 Å². The van der Waals surface area contributed by atoms with E-state index in [1.54, 1.807) is 4.57 Å². The van der Waals surface area contributed by atoms with Gasteiger partial charge in [-0.3, -0.25) is 0 Å². The molecule has 104 valence electrons. The highest BCUT2D eigenvalue weighted by atomic mass is 16.4. The van der Waals surface area contributed by atoms with Crippen LogP contribution in [-0.4, -0.2) is 20.6 Å². The summed E-state index contributed by atoms with van der Waals surface area (Å²) in [5, 5.41) is 18.4. The van der Waals surface area contributed by atoms with Gasteiger partial charge in [0.2, 0.25) is 0 Å². The molecule has 0 aliphatic carbocycles. The van der Waals surface area contributed by atoms with Gasteiger partial charge in [0, 0.05) is 0 Å². The summed E-state index contributed by atoms with van der Waals surface area (Å²) in [7, 11) is 0. The minimum absolute atomic E-state index is 0.116. The monoisotopic (exact) mass is 271 g/mol. The second-order valence-corrected chi connectivity index (χ2v) is 4.72. The van der Waals surface area contributed by atoms with Crippen molar-refractivity contribution in [1.82, 2.24) is 9.55 Å². The summed E-state index contributed by atoms with van der Waals surface area (Å²) >= 11 is 0. The Hall–Kier alpha value is -2.35. The molecule has 0 aliphatic heterocycles. The van der Waals surface area contributed by atoms with Crippen molar-refractivity contribution in [2.75, 3.05) is 0 Å². The van der Waals surface area contributed by atoms with Crippen LogP contribution in [0.3, 0.4) is 0 Å². The summed E-state index contributed by atoms with van der Waals surface area (Å²) in [6.45, 7) is 2.03. The fraction of sp³-hybridized carbons (Fsp3) is 0.400. The van der Waals surface area contributed by atoms with Crippen LogP contribution in [0.1, 0.15) is 38.1 Å². The van der Waals surface area contributed by atoms with Gasteiger partial charge in [0.05, 0.1) is 23.5 Å². The van der Waals surface area contributed by atoms with Gasteiger partial charge in [-0.2, -0.15) is 5.26 Å². The van der Waals surface area contributed by atoms with E-state index < -0.39 is 12.0 Å². The molecule has 0 saturated heterocycles. The summed E-state index contributed by atoms with van der Waals surface area (Å²) in [4.78, 5) is 16.0. The number of benzene rings is 1. The minimum Gasteiger partial charge on any atom is -0.480 e. The molecule has 0 fully saturated rings. The van der Waals surface area contributed by atoms with Gasteiger partial charge < -0.3 is 9.67 Å². The molecule has 0 bridgehead atoms. The van der Waals surface area contributed by atoms with Gasteiger partial charge in [-0.25, -0.2) is 9.78 Å². The predicted molar refractivity (Wildman–Crippen MR) is 75.2 cm³/mol. The van der Waals surface area contributed by atoms with Crippen molar-refractivity contribution in [1.29, 1.82) is 5.26 Å². The van der Waals surface area contributed by atoms with Crippen LogP contribution in [0.5, 0.6) is 0 Å². The molecular weight excluding hydrogens is 254 g/mol.